The molecule has 3 aromatic rings. The van der Waals surface area contributed by atoms with Crippen molar-refractivity contribution < 1.29 is 4.79 Å². The highest BCUT2D eigenvalue weighted by atomic mass is 79.9. The third kappa shape index (κ3) is 4.95. The molecule has 1 amide bonds. The molecule has 1 aromatic heterocycles. The summed E-state index contributed by atoms with van der Waals surface area (Å²) < 4.78 is 3.04. The Morgan fingerprint density at radius 2 is 1.85 bits per heavy atom. The van der Waals surface area contributed by atoms with Gasteiger partial charge in [0.25, 0.3) is 0 Å². The summed E-state index contributed by atoms with van der Waals surface area (Å²) in [6, 6.07) is 17.7. The lowest BCUT2D eigenvalue weighted by atomic mass is 10.1. The normalized spacial score (nSPS) is 10.7. The third-order valence-electron chi connectivity index (χ3n) is 3.78. The fraction of sp³-hybridized carbons (Fsp3) is 0.211. The Labute approximate surface area is 165 Å². The maximum atomic E-state index is 12.2. The smallest absolute Gasteiger partial charge is 0.234 e. The molecule has 0 saturated heterocycles. The SMILES string of the molecule is CCn1c(Cc2ccccc2)nnc1SCC(=O)Nc1ccc(Br)cc1. The van der Waals surface area contributed by atoms with E-state index in [1.54, 1.807) is 0 Å². The molecular weight excluding hydrogens is 412 g/mol. The molecule has 0 spiro atoms. The van der Waals surface area contributed by atoms with Gasteiger partial charge in [-0.3, -0.25) is 4.79 Å². The molecule has 0 aliphatic heterocycles. The van der Waals surface area contributed by atoms with Crippen LogP contribution < -0.4 is 5.32 Å². The van der Waals surface area contributed by atoms with Gasteiger partial charge in [0.15, 0.2) is 5.16 Å². The first-order chi connectivity index (χ1) is 12.7. The summed E-state index contributed by atoms with van der Waals surface area (Å²) in [7, 11) is 0. The Hall–Kier alpha value is -2.12. The maximum Gasteiger partial charge on any atom is 0.234 e. The van der Waals surface area contributed by atoms with Gasteiger partial charge in [-0.05, 0) is 36.8 Å². The molecule has 1 heterocycles. The Balaban J connectivity index is 1.61. The molecule has 0 atom stereocenters. The van der Waals surface area contributed by atoms with Crippen molar-refractivity contribution in [3.63, 3.8) is 0 Å². The highest BCUT2D eigenvalue weighted by Crippen LogP contribution is 2.20. The van der Waals surface area contributed by atoms with E-state index < -0.39 is 0 Å². The Morgan fingerprint density at radius 1 is 1.12 bits per heavy atom. The number of benzene rings is 2. The Bertz CT molecular complexity index is 865. The van der Waals surface area contributed by atoms with Crippen LogP contribution in [0, 0.1) is 0 Å². The standard InChI is InChI=1S/C19H19BrN4OS/c1-2-24-17(12-14-6-4-3-5-7-14)22-23-19(24)26-13-18(25)21-16-10-8-15(20)9-11-16/h3-11H,2,12-13H2,1H3,(H,21,25). The van der Waals surface area contributed by atoms with Crippen LogP contribution in [0.5, 0.6) is 0 Å². The fourth-order valence-electron chi connectivity index (χ4n) is 2.51. The first-order valence-electron chi connectivity index (χ1n) is 8.30. The zero-order valence-electron chi connectivity index (χ0n) is 14.4. The van der Waals surface area contributed by atoms with Crippen LogP contribution in [0.25, 0.3) is 0 Å². The van der Waals surface area contributed by atoms with E-state index in [1.165, 1.54) is 17.3 Å². The van der Waals surface area contributed by atoms with Crippen molar-refractivity contribution in [2.45, 2.75) is 25.0 Å². The molecule has 3 rings (SSSR count). The summed E-state index contributed by atoms with van der Waals surface area (Å²) >= 11 is 4.78. The van der Waals surface area contributed by atoms with Crippen LogP contribution in [0.1, 0.15) is 18.3 Å². The van der Waals surface area contributed by atoms with Gasteiger partial charge in [-0.2, -0.15) is 0 Å². The number of nitrogens with zero attached hydrogens (tertiary/aromatic N) is 3. The van der Waals surface area contributed by atoms with Gasteiger partial charge in [-0.1, -0.05) is 58.0 Å². The molecule has 1 N–H and O–H groups in total. The predicted molar refractivity (Wildman–Crippen MR) is 108 cm³/mol. The molecule has 0 bridgehead atoms. The summed E-state index contributed by atoms with van der Waals surface area (Å²) in [5, 5.41) is 12.2. The molecule has 5 nitrogen and oxygen atoms in total. The van der Waals surface area contributed by atoms with Gasteiger partial charge in [-0.15, -0.1) is 10.2 Å². The van der Waals surface area contributed by atoms with Crippen LogP contribution in [0.3, 0.4) is 0 Å². The molecule has 0 unspecified atom stereocenters. The van der Waals surface area contributed by atoms with E-state index in [1.807, 2.05) is 42.5 Å². The van der Waals surface area contributed by atoms with Gasteiger partial charge in [0.2, 0.25) is 5.91 Å². The van der Waals surface area contributed by atoms with E-state index >= 15 is 0 Å². The molecule has 0 radical (unpaired) electrons. The maximum absolute atomic E-state index is 12.2. The van der Waals surface area contributed by atoms with Gasteiger partial charge in [0.05, 0.1) is 5.75 Å². The van der Waals surface area contributed by atoms with Gasteiger partial charge < -0.3 is 9.88 Å². The van der Waals surface area contributed by atoms with Crippen molar-refractivity contribution in [3.8, 4) is 0 Å². The summed E-state index contributed by atoms with van der Waals surface area (Å²) in [6.45, 7) is 2.83. The topological polar surface area (TPSA) is 59.8 Å². The van der Waals surface area contributed by atoms with Crippen LogP contribution in [0.15, 0.2) is 64.2 Å². The van der Waals surface area contributed by atoms with Crippen LogP contribution in [-0.2, 0) is 17.8 Å². The first kappa shape index (κ1) is 18.7. The molecule has 0 aliphatic carbocycles. The first-order valence-corrected chi connectivity index (χ1v) is 10.1. The highest BCUT2D eigenvalue weighted by molar-refractivity contribution is 9.10. The van der Waals surface area contributed by atoms with Crippen LogP contribution in [0.4, 0.5) is 5.69 Å². The van der Waals surface area contributed by atoms with Crippen molar-refractivity contribution in [2.24, 2.45) is 0 Å². The molecule has 7 heteroatoms. The number of hydrogen-bond donors (Lipinski definition) is 1. The van der Waals surface area contributed by atoms with Gasteiger partial charge in [0, 0.05) is 23.1 Å². The van der Waals surface area contributed by atoms with E-state index in [4.69, 9.17) is 0 Å². The number of rotatable bonds is 7. The Kier molecular flexibility index (Phi) is 6.46. The van der Waals surface area contributed by atoms with E-state index in [-0.39, 0.29) is 5.91 Å². The minimum atomic E-state index is -0.0624. The average molecular weight is 431 g/mol. The lowest BCUT2D eigenvalue weighted by molar-refractivity contribution is -0.113. The number of hydrogen-bond acceptors (Lipinski definition) is 4. The molecule has 0 aliphatic rings. The number of aromatic nitrogens is 3. The number of nitrogens with one attached hydrogen (secondary N) is 1. The molecule has 134 valence electrons. The number of carbonyl (C=O) groups is 1. The van der Waals surface area contributed by atoms with Crippen molar-refractivity contribution in [3.05, 3.63) is 70.5 Å². The summed E-state index contributed by atoms with van der Waals surface area (Å²) in [5.74, 6) is 1.14. The van der Waals surface area contributed by atoms with Gasteiger partial charge in [0.1, 0.15) is 5.82 Å². The monoisotopic (exact) mass is 430 g/mol. The lowest BCUT2D eigenvalue weighted by Crippen LogP contribution is -2.14. The van der Waals surface area contributed by atoms with E-state index in [0.717, 1.165) is 34.1 Å². The minimum absolute atomic E-state index is 0.0624. The predicted octanol–water partition coefficient (Wildman–Crippen LogP) is 4.38. The van der Waals surface area contributed by atoms with Crippen LogP contribution in [0.2, 0.25) is 0 Å². The Morgan fingerprint density at radius 3 is 2.54 bits per heavy atom. The number of thioether (sulfide) groups is 1. The molecular formula is C19H19BrN4OS. The van der Waals surface area contributed by atoms with Crippen LogP contribution in [-0.4, -0.2) is 26.4 Å². The van der Waals surface area contributed by atoms with Crippen molar-refractivity contribution in [1.82, 2.24) is 14.8 Å². The van der Waals surface area contributed by atoms with Crippen molar-refractivity contribution in [1.29, 1.82) is 0 Å². The fourth-order valence-corrected chi connectivity index (χ4v) is 3.60. The van der Waals surface area contributed by atoms with Gasteiger partial charge in [-0.25, -0.2) is 0 Å². The lowest BCUT2D eigenvalue weighted by Gasteiger charge is -2.08. The van der Waals surface area contributed by atoms with E-state index in [0.29, 0.717) is 5.75 Å². The summed E-state index contributed by atoms with van der Waals surface area (Å²) in [6.07, 6.45) is 0.729. The zero-order valence-corrected chi connectivity index (χ0v) is 16.8. The minimum Gasteiger partial charge on any atom is -0.325 e. The van der Waals surface area contributed by atoms with E-state index in [9.17, 15) is 4.79 Å². The average Bonchev–Trinajstić information content (AvgIpc) is 3.04. The summed E-state index contributed by atoms with van der Waals surface area (Å²) in [4.78, 5) is 12.2. The number of carbonyl (C=O) groups excluding carboxylic acids is 1. The van der Waals surface area contributed by atoms with Crippen molar-refractivity contribution >= 4 is 39.3 Å². The molecule has 26 heavy (non-hydrogen) atoms. The highest BCUT2D eigenvalue weighted by Gasteiger charge is 2.13. The number of amides is 1. The quantitative estimate of drug-likeness (QED) is 0.564. The number of halogens is 1. The van der Waals surface area contributed by atoms with Gasteiger partial charge >= 0.3 is 0 Å². The molecule has 0 saturated carbocycles. The van der Waals surface area contributed by atoms with E-state index in [2.05, 4.69) is 55.1 Å². The second kappa shape index (κ2) is 9.00. The zero-order chi connectivity index (χ0) is 18.4. The second-order valence-corrected chi connectivity index (χ2v) is 7.51. The van der Waals surface area contributed by atoms with Crippen LogP contribution >= 0.6 is 27.7 Å². The third-order valence-corrected chi connectivity index (χ3v) is 5.27. The second-order valence-electron chi connectivity index (χ2n) is 5.65. The molecule has 2 aromatic carbocycles. The molecule has 0 fully saturated rings. The van der Waals surface area contributed by atoms with Crippen molar-refractivity contribution in [2.75, 3.05) is 11.1 Å². The largest absolute Gasteiger partial charge is 0.325 e. The number of anilines is 1. The summed E-state index contributed by atoms with van der Waals surface area (Å²) in [5.41, 5.74) is 1.97.